The first-order valence-electron chi connectivity index (χ1n) is 11.0. The fourth-order valence-electron chi connectivity index (χ4n) is 3.85. The molecular weight excluding hydrogens is 344 g/mol. The van der Waals surface area contributed by atoms with Gasteiger partial charge in [0.15, 0.2) is 0 Å². The molecule has 3 rings (SSSR count). The fourth-order valence-corrected chi connectivity index (χ4v) is 3.85. The molecule has 0 unspecified atom stereocenters. The first-order chi connectivity index (χ1) is 13.4. The molecule has 0 amide bonds. The second-order valence-electron chi connectivity index (χ2n) is 9.38. The van der Waals surface area contributed by atoms with E-state index in [-0.39, 0.29) is 0 Å². The molecule has 3 nitrogen and oxygen atoms in total. The zero-order valence-corrected chi connectivity index (χ0v) is 18.1. The van der Waals surface area contributed by atoms with Crippen LogP contribution in [-0.2, 0) is 12.8 Å². The predicted molar refractivity (Wildman–Crippen MR) is 121 cm³/mol. The molecule has 1 aromatic carbocycles. The summed E-state index contributed by atoms with van der Waals surface area (Å²) in [4.78, 5) is 4.66. The lowest BCUT2D eigenvalue weighted by Crippen LogP contribution is -2.03. The van der Waals surface area contributed by atoms with Gasteiger partial charge in [0.05, 0.1) is 10.9 Å². The monoisotopic (exact) mass is 380 g/mol. The highest BCUT2D eigenvalue weighted by atomic mass is 16.3. The molecule has 0 fully saturated rings. The average molecular weight is 381 g/mol. The zero-order valence-electron chi connectivity index (χ0n) is 18.1. The number of benzene rings is 1. The Kier molecular flexibility index (Phi) is 6.64. The van der Waals surface area contributed by atoms with Gasteiger partial charge in [-0.05, 0) is 54.9 Å². The number of nitrogens with zero attached hydrogens (tertiary/aromatic N) is 1. The van der Waals surface area contributed by atoms with Gasteiger partial charge in [0, 0.05) is 11.8 Å². The molecule has 2 aromatic heterocycles. The van der Waals surface area contributed by atoms with E-state index in [0.717, 1.165) is 53.3 Å². The summed E-state index contributed by atoms with van der Waals surface area (Å²) in [5.41, 5.74) is 9.87. The standard InChI is InChI=1S/C25H36N2O/c1-5-6-12-19-17-21-23(28-19)20-14-13-18(16-22(20)27-24(21)26)11-9-7-8-10-15-25(2,3)4/h13-14,16-17H,5-12,15H2,1-4H3,(H2,26,27). The maximum absolute atomic E-state index is 6.23. The summed E-state index contributed by atoms with van der Waals surface area (Å²) in [6.45, 7) is 9.16. The highest BCUT2D eigenvalue weighted by Crippen LogP contribution is 2.32. The van der Waals surface area contributed by atoms with E-state index in [0.29, 0.717) is 11.2 Å². The Morgan fingerprint density at radius 1 is 0.929 bits per heavy atom. The average Bonchev–Trinajstić information content (AvgIpc) is 3.07. The minimum atomic E-state index is 0.456. The van der Waals surface area contributed by atoms with Gasteiger partial charge in [-0.25, -0.2) is 4.98 Å². The highest BCUT2D eigenvalue weighted by Gasteiger charge is 2.13. The molecule has 0 aliphatic heterocycles. The van der Waals surface area contributed by atoms with Crippen molar-refractivity contribution in [2.75, 3.05) is 5.73 Å². The number of hydrogen-bond acceptors (Lipinski definition) is 3. The Hall–Kier alpha value is -2.03. The van der Waals surface area contributed by atoms with Crippen LogP contribution >= 0.6 is 0 Å². The predicted octanol–water partition coefficient (Wildman–Crippen LogP) is 7.44. The second-order valence-corrected chi connectivity index (χ2v) is 9.38. The Bertz CT molecular complexity index is 918. The van der Waals surface area contributed by atoms with Crippen LogP contribution in [-0.4, -0.2) is 4.98 Å². The smallest absolute Gasteiger partial charge is 0.147 e. The number of anilines is 1. The Balaban J connectivity index is 1.67. The van der Waals surface area contributed by atoms with Crippen molar-refractivity contribution in [1.29, 1.82) is 0 Å². The quantitative estimate of drug-likeness (QED) is 0.392. The van der Waals surface area contributed by atoms with Gasteiger partial charge in [-0.15, -0.1) is 0 Å². The van der Waals surface area contributed by atoms with Gasteiger partial charge in [-0.1, -0.05) is 59.4 Å². The first-order valence-corrected chi connectivity index (χ1v) is 11.0. The third-order valence-electron chi connectivity index (χ3n) is 5.53. The molecule has 0 saturated carbocycles. The van der Waals surface area contributed by atoms with Crippen molar-refractivity contribution in [2.45, 2.75) is 85.5 Å². The van der Waals surface area contributed by atoms with Crippen molar-refractivity contribution >= 4 is 27.7 Å². The molecule has 2 N–H and O–H groups in total. The van der Waals surface area contributed by atoms with E-state index >= 15 is 0 Å². The van der Waals surface area contributed by atoms with Crippen molar-refractivity contribution in [3.63, 3.8) is 0 Å². The second kappa shape index (κ2) is 8.98. The number of aromatic nitrogens is 1. The lowest BCUT2D eigenvalue weighted by atomic mass is 9.89. The summed E-state index contributed by atoms with van der Waals surface area (Å²) in [6.07, 6.45) is 10.8. The van der Waals surface area contributed by atoms with Crippen LogP contribution in [0.1, 0.15) is 84.0 Å². The largest absolute Gasteiger partial charge is 0.460 e. The van der Waals surface area contributed by atoms with Crippen molar-refractivity contribution in [2.24, 2.45) is 5.41 Å². The first kappa shape index (κ1) is 20.7. The molecule has 3 aromatic rings. The molecule has 0 radical (unpaired) electrons. The van der Waals surface area contributed by atoms with Crippen molar-refractivity contribution < 1.29 is 4.42 Å². The van der Waals surface area contributed by atoms with Crippen LogP contribution in [0.5, 0.6) is 0 Å². The Morgan fingerprint density at radius 3 is 2.46 bits per heavy atom. The summed E-state index contributed by atoms with van der Waals surface area (Å²) >= 11 is 0. The maximum atomic E-state index is 6.23. The van der Waals surface area contributed by atoms with Crippen LogP contribution in [0.3, 0.4) is 0 Å². The molecule has 0 atom stereocenters. The van der Waals surface area contributed by atoms with Gasteiger partial charge < -0.3 is 10.2 Å². The number of furan rings is 1. The van der Waals surface area contributed by atoms with Crippen LogP contribution in [0.15, 0.2) is 28.7 Å². The van der Waals surface area contributed by atoms with E-state index in [4.69, 9.17) is 10.2 Å². The SMILES string of the molecule is CCCCc1cc2c(N)nc3cc(CCCCCCC(C)(C)C)ccc3c2o1. The number of fused-ring (bicyclic) bond motifs is 3. The van der Waals surface area contributed by atoms with Gasteiger partial charge in [0.25, 0.3) is 0 Å². The molecule has 0 aliphatic carbocycles. The number of hydrogen-bond donors (Lipinski definition) is 1. The fraction of sp³-hybridized carbons (Fsp3) is 0.560. The van der Waals surface area contributed by atoms with Crippen LogP contribution in [0.4, 0.5) is 5.82 Å². The summed E-state index contributed by atoms with van der Waals surface area (Å²) in [5.74, 6) is 1.59. The van der Waals surface area contributed by atoms with Crippen LogP contribution in [0.25, 0.3) is 21.9 Å². The van der Waals surface area contributed by atoms with E-state index < -0.39 is 0 Å². The van der Waals surface area contributed by atoms with E-state index in [9.17, 15) is 0 Å². The van der Waals surface area contributed by atoms with E-state index in [2.05, 4.69) is 56.9 Å². The van der Waals surface area contributed by atoms with Gasteiger partial charge in [-0.2, -0.15) is 0 Å². The minimum Gasteiger partial charge on any atom is -0.460 e. The van der Waals surface area contributed by atoms with Crippen molar-refractivity contribution in [3.05, 3.63) is 35.6 Å². The van der Waals surface area contributed by atoms with E-state index in [1.165, 1.54) is 37.7 Å². The summed E-state index contributed by atoms with van der Waals surface area (Å²) in [6, 6.07) is 8.64. The lowest BCUT2D eigenvalue weighted by molar-refractivity contribution is 0.357. The number of rotatable bonds is 9. The molecule has 0 bridgehead atoms. The van der Waals surface area contributed by atoms with Gasteiger partial charge in [0.1, 0.15) is 17.2 Å². The highest BCUT2D eigenvalue weighted by molar-refractivity contribution is 6.06. The Labute approximate surface area is 169 Å². The number of pyridine rings is 1. The summed E-state index contributed by atoms with van der Waals surface area (Å²) < 4.78 is 6.14. The number of unbranched alkanes of at least 4 members (excludes halogenated alkanes) is 4. The van der Waals surface area contributed by atoms with Crippen molar-refractivity contribution in [1.82, 2.24) is 4.98 Å². The lowest BCUT2D eigenvalue weighted by Gasteiger charge is -2.17. The Morgan fingerprint density at radius 2 is 1.71 bits per heavy atom. The molecule has 0 spiro atoms. The van der Waals surface area contributed by atoms with Crippen LogP contribution < -0.4 is 5.73 Å². The van der Waals surface area contributed by atoms with Crippen LogP contribution in [0, 0.1) is 5.41 Å². The number of nitrogen functional groups attached to an aromatic ring is 1. The van der Waals surface area contributed by atoms with E-state index in [1.54, 1.807) is 0 Å². The van der Waals surface area contributed by atoms with Gasteiger partial charge in [-0.3, -0.25) is 0 Å². The molecule has 152 valence electrons. The summed E-state index contributed by atoms with van der Waals surface area (Å²) in [5, 5.41) is 2.02. The van der Waals surface area contributed by atoms with Crippen molar-refractivity contribution in [3.8, 4) is 0 Å². The zero-order chi connectivity index (χ0) is 20.1. The molecule has 0 saturated heterocycles. The maximum Gasteiger partial charge on any atom is 0.147 e. The summed E-state index contributed by atoms with van der Waals surface area (Å²) in [7, 11) is 0. The third kappa shape index (κ3) is 5.27. The minimum absolute atomic E-state index is 0.456. The van der Waals surface area contributed by atoms with E-state index in [1.807, 2.05) is 0 Å². The molecule has 0 aliphatic rings. The van der Waals surface area contributed by atoms with Crippen LogP contribution in [0.2, 0.25) is 0 Å². The van der Waals surface area contributed by atoms with Gasteiger partial charge >= 0.3 is 0 Å². The molecule has 3 heteroatoms. The number of nitrogens with two attached hydrogens (primary N) is 1. The molecular formula is C25H36N2O. The number of aryl methyl sites for hydroxylation is 2. The normalized spacial score (nSPS) is 12.3. The van der Waals surface area contributed by atoms with Gasteiger partial charge in [0.2, 0.25) is 0 Å². The molecule has 28 heavy (non-hydrogen) atoms. The molecule has 2 heterocycles. The third-order valence-corrected chi connectivity index (χ3v) is 5.53. The topological polar surface area (TPSA) is 52.0 Å².